The number of ether oxygens (including phenoxy) is 1. The Labute approximate surface area is 146 Å². The van der Waals surface area contributed by atoms with Gasteiger partial charge in [-0.25, -0.2) is 14.5 Å². The number of hydrogen-bond acceptors (Lipinski definition) is 6. The summed E-state index contributed by atoms with van der Waals surface area (Å²) in [7, 11) is 1.65. The van der Waals surface area contributed by atoms with E-state index in [0.717, 1.165) is 43.3 Å². The van der Waals surface area contributed by atoms with Gasteiger partial charge in [-0.3, -0.25) is 4.90 Å². The third-order valence-corrected chi connectivity index (χ3v) is 4.69. The molecule has 1 saturated heterocycles. The lowest BCUT2D eigenvalue weighted by Crippen LogP contribution is -2.51. The van der Waals surface area contributed by atoms with Crippen LogP contribution >= 0.6 is 0 Å². The monoisotopic (exact) mass is 338 g/mol. The maximum atomic E-state index is 5.22. The minimum Gasteiger partial charge on any atom is -0.481 e. The van der Waals surface area contributed by atoms with Crippen molar-refractivity contribution < 1.29 is 4.74 Å². The average Bonchev–Trinajstić information content (AvgIpc) is 3.11. The maximum absolute atomic E-state index is 5.22. The van der Waals surface area contributed by atoms with Crippen LogP contribution in [0.3, 0.4) is 0 Å². The van der Waals surface area contributed by atoms with Gasteiger partial charge in [0.15, 0.2) is 5.65 Å². The highest BCUT2D eigenvalue weighted by molar-refractivity contribution is 5.47. The van der Waals surface area contributed by atoms with Gasteiger partial charge in [0.25, 0.3) is 0 Å². The van der Waals surface area contributed by atoms with Crippen LogP contribution in [0, 0.1) is 0 Å². The Morgan fingerprint density at radius 2 is 2.08 bits per heavy atom. The third kappa shape index (κ3) is 3.28. The van der Waals surface area contributed by atoms with Gasteiger partial charge in [0, 0.05) is 50.6 Å². The van der Waals surface area contributed by atoms with E-state index < -0.39 is 0 Å². The summed E-state index contributed by atoms with van der Waals surface area (Å²) in [6.07, 6.45) is 3.74. The molecule has 0 saturated carbocycles. The Hall–Kier alpha value is -2.67. The van der Waals surface area contributed by atoms with Gasteiger partial charge in [-0.1, -0.05) is 6.07 Å². The number of anilines is 1. The molecule has 0 aliphatic carbocycles. The summed E-state index contributed by atoms with van der Waals surface area (Å²) in [5.74, 6) is 1.68. The molecule has 0 bridgehead atoms. The number of methoxy groups -OCH3 is 1. The van der Waals surface area contributed by atoms with E-state index in [9.17, 15) is 0 Å². The molecule has 1 fully saturated rings. The van der Waals surface area contributed by atoms with E-state index in [0.29, 0.717) is 11.9 Å². The lowest BCUT2D eigenvalue weighted by molar-refractivity contribution is 0.178. The molecule has 3 aromatic heterocycles. The number of piperazine rings is 1. The first-order valence-electron chi connectivity index (χ1n) is 8.52. The number of rotatable bonds is 4. The number of pyridine rings is 1. The number of nitrogens with zero attached hydrogens (tertiary/aromatic N) is 6. The van der Waals surface area contributed by atoms with Gasteiger partial charge in [-0.15, -0.1) is 0 Å². The molecular formula is C18H22N6O. The van der Waals surface area contributed by atoms with Crippen LogP contribution < -0.4 is 9.64 Å². The van der Waals surface area contributed by atoms with Crippen molar-refractivity contribution >= 4 is 11.5 Å². The zero-order chi connectivity index (χ0) is 17.2. The predicted molar refractivity (Wildman–Crippen MR) is 95.9 cm³/mol. The van der Waals surface area contributed by atoms with Crippen molar-refractivity contribution in [1.29, 1.82) is 0 Å². The normalized spacial score (nSPS) is 18.6. The van der Waals surface area contributed by atoms with Gasteiger partial charge in [0.1, 0.15) is 5.82 Å². The maximum Gasteiger partial charge on any atom is 0.213 e. The lowest BCUT2D eigenvalue weighted by Gasteiger charge is -2.40. The molecule has 130 valence electrons. The minimum absolute atomic E-state index is 0.421. The van der Waals surface area contributed by atoms with E-state index in [1.54, 1.807) is 17.8 Å². The van der Waals surface area contributed by atoms with Gasteiger partial charge in [0.05, 0.1) is 19.0 Å². The Kier molecular flexibility index (Phi) is 4.23. The summed E-state index contributed by atoms with van der Waals surface area (Å²) in [5.41, 5.74) is 1.92. The zero-order valence-corrected chi connectivity index (χ0v) is 14.5. The largest absolute Gasteiger partial charge is 0.481 e. The highest BCUT2D eigenvalue weighted by Crippen LogP contribution is 2.19. The summed E-state index contributed by atoms with van der Waals surface area (Å²) >= 11 is 0. The van der Waals surface area contributed by atoms with Crippen molar-refractivity contribution in [2.75, 3.05) is 31.6 Å². The second kappa shape index (κ2) is 6.68. The second-order valence-corrected chi connectivity index (χ2v) is 6.36. The first kappa shape index (κ1) is 15.8. The van der Waals surface area contributed by atoms with Gasteiger partial charge in [-0.2, -0.15) is 5.10 Å². The van der Waals surface area contributed by atoms with E-state index in [1.807, 2.05) is 30.5 Å². The second-order valence-electron chi connectivity index (χ2n) is 6.36. The molecule has 4 rings (SSSR count). The molecule has 25 heavy (non-hydrogen) atoms. The molecule has 4 heterocycles. The minimum atomic E-state index is 0.421. The summed E-state index contributed by atoms with van der Waals surface area (Å²) in [6.45, 7) is 5.96. The fourth-order valence-electron chi connectivity index (χ4n) is 3.28. The molecule has 1 atom stereocenters. The highest BCUT2D eigenvalue weighted by Gasteiger charge is 2.25. The van der Waals surface area contributed by atoms with Crippen LogP contribution in [0.4, 0.5) is 5.82 Å². The summed E-state index contributed by atoms with van der Waals surface area (Å²) < 4.78 is 7.01. The van der Waals surface area contributed by atoms with Crippen LogP contribution in [0.15, 0.2) is 42.7 Å². The van der Waals surface area contributed by atoms with Crippen LogP contribution in [0.5, 0.6) is 5.88 Å². The Bertz CT molecular complexity index is 863. The third-order valence-electron chi connectivity index (χ3n) is 4.69. The summed E-state index contributed by atoms with van der Waals surface area (Å²) in [6, 6.07) is 10.3. The fraction of sp³-hybridized carbons (Fsp3) is 0.389. The van der Waals surface area contributed by atoms with Crippen LogP contribution in [0.1, 0.15) is 12.6 Å². The number of fused-ring (bicyclic) bond motifs is 1. The van der Waals surface area contributed by atoms with Gasteiger partial charge in [0.2, 0.25) is 5.88 Å². The molecule has 0 radical (unpaired) electrons. The van der Waals surface area contributed by atoms with Crippen molar-refractivity contribution in [1.82, 2.24) is 24.5 Å². The van der Waals surface area contributed by atoms with Gasteiger partial charge >= 0.3 is 0 Å². The van der Waals surface area contributed by atoms with Crippen molar-refractivity contribution in [3.63, 3.8) is 0 Å². The predicted octanol–water partition coefficient (Wildman–Crippen LogP) is 1.84. The van der Waals surface area contributed by atoms with E-state index in [-0.39, 0.29) is 0 Å². The Morgan fingerprint density at radius 1 is 1.16 bits per heavy atom. The molecule has 0 N–H and O–H groups in total. The molecule has 0 amide bonds. The highest BCUT2D eigenvalue weighted by atomic mass is 16.5. The molecular weight excluding hydrogens is 316 g/mol. The summed E-state index contributed by atoms with van der Waals surface area (Å²) in [5, 5.41) is 4.20. The molecule has 1 unspecified atom stereocenters. The van der Waals surface area contributed by atoms with Crippen molar-refractivity contribution in [2.24, 2.45) is 0 Å². The quantitative estimate of drug-likeness (QED) is 0.723. The first-order chi connectivity index (χ1) is 12.2. The van der Waals surface area contributed by atoms with E-state index >= 15 is 0 Å². The molecule has 1 aliphatic rings. The topological polar surface area (TPSA) is 58.8 Å². The number of aromatic nitrogens is 4. The molecule has 7 nitrogen and oxygen atoms in total. The zero-order valence-electron chi connectivity index (χ0n) is 14.5. The lowest BCUT2D eigenvalue weighted by atomic mass is 10.1. The van der Waals surface area contributed by atoms with E-state index in [1.165, 1.54) is 0 Å². The SMILES string of the molecule is COc1cccc(CN2CCN(c3ccn4nccc4n3)CC2C)n1. The Balaban J connectivity index is 1.44. The molecule has 1 aliphatic heterocycles. The van der Waals surface area contributed by atoms with Crippen molar-refractivity contribution in [3.8, 4) is 5.88 Å². The molecule has 0 spiro atoms. The fourth-order valence-corrected chi connectivity index (χ4v) is 3.28. The van der Waals surface area contributed by atoms with Crippen LogP contribution in [0.2, 0.25) is 0 Å². The van der Waals surface area contributed by atoms with Gasteiger partial charge in [-0.05, 0) is 19.1 Å². The summed E-state index contributed by atoms with van der Waals surface area (Å²) in [4.78, 5) is 14.0. The van der Waals surface area contributed by atoms with Crippen LogP contribution in [-0.4, -0.2) is 57.3 Å². The van der Waals surface area contributed by atoms with Crippen molar-refractivity contribution in [2.45, 2.75) is 19.5 Å². The van der Waals surface area contributed by atoms with Crippen molar-refractivity contribution in [3.05, 3.63) is 48.4 Å². The first-order valence-corrected chi connectivity index (χ1v) is 8.52. The Morgan fingerprint density at radius 3 is 2.92 bits per heavy atom. The molecule has 0 aromatic carbocycles. The van der Waals surface area contributed by atoms with Gasteiger partial charge < -0.3 is 9.64 Å². The number of hydrogen-bond donors (Lipinski definition) is 0. The smallest absolute Gasteiger partial charge is 0.213 e. The molecule has 3 aromatic rings. The standard InChI is InChI=1S/C18H22N6O/c1-14-12-23(16-7-9-24-17(21-16)6-8-19-24)11-10-22(14)13-15-4-3-5-18(20-15)25-2/h3-9,14H,10-13H2,1-2H3. The molecule has 7 heteroatoms. The van der Waals surface area contributed by atoms with E-state index in [4.69, 9.17) is 9.72 Å². The van der Waals surface area contributed by atoms with Crippen LogP contribution in [0.25, 0.3) is 5.65 Å². The van der Waals surface area contributed by atoms with Crippen LogP contribution in [-0.2, 0) is 6.54 Å². The average molecular weight is 338 g/mol. The van der Waals surface area contributed by atoms with E-state index in [2.05, 4.69) is 32.9 Å².